The second-order valence-corrected chi connectivity index (χ2v) is 11.2. The highest BCUT2D eigenvalue weighted by Crippen LogP contribution is 2.26. The van der Waals surface area contributed by atoms with Crippen LogP contribution in [0.3, 0.4) is 0 Å². The van der Waals surface area contributed by atoms with Gasteiger partial charge in [-0.05, 0) is 55.1 Å². The van der Waals surface area contributed by atoms with Gasteiger partial charge in [0.25, 0.3) is 0 Å². The Morgan fingerprint density at radius 3 is 2.14 bits per heavy atom. The monoisotopic (exact) mass is 507 g/mol. The van der Waals surface area contributed by atoms with Crippen molar-refractivity contribution < 1.29 is 8.42 Å². The minimum atomic E-state index is -3.71. The molecule has 2 heterocycles. The Kier molecular flexibility index (Phi) is 9.37. The molecule has 2 aromatic carbocycles. The number of nitrogens with two attached hydrogens (primary N) is 1. The molecule has 8 heteroatoms. The second kappa shape index (κ2) is 12.3. The number of fused-ring (bicyclic) bond motifs is 1. The van der Waals surface area contributed by atoms with Crippen molar-refractivity contribution in [2.75, 3.05) is 13.1 Å². The molecule has 3 N–H and O–H groups in total. The molecular weight excluding hydrogens is 470 g/mol. The molecule has 4 aromatic rings. The molecule has 0 spiro atoms. The first-order valence-electron chi connectivity index (χ1n) is 12.3. The minimum Gasteiger partial charge on any atom is -0.316 e. The standard InChI is InChI=1S/C19H16N4O2S.C9H21N/c1-13-2-4-14(5-3-13)16-10-21-19-18(11-22-23(19)12-16)15-6-8-17(9-7-15)26(20,24)25;1-5-9(4)7-10-6-8(2)3/h2-12H,1H3,(H2,20,24,25);8-10H,5-7H2,1-4H3. The molecule has 0 saturated carbocycles. The van der Waals surface area contributed by atoms with E-state index in [4.69, 9.17) is 5.14 Å². The number of aryl methyl sites for hydroxylation is 1. The van der Waals surface area contributed by atoms with Crippen LogP contribution in [0, 0.1) is 18.8 Å². The summed E-state index contributed by atoms with van der Waals surface area (Å²) < 4.78 is 24.5. The fourth-order valence-corrected chi connectivity index (χ4v) is 4.08. The van der Waals surface area contributed by atoms with E-state index in [-0.39, 0.29) is 4.90 Å². The van der Waals surface area contributed by atoms with Gasteiger partial charge in [0.2, 0.25) is 10.0 Å². The molecule has 4 rings (SSSR count). The highest BCUT2D eigenvalue weighted by Gasteiger charge is 2.12. The van der Waals surface area contributed by atoms with Crippen LogP contribution in [-0.4, -0.2) is 36.1 Å². The van der Waals surface area contributed by atoms with Crippen LogP contribution in [0.4, 0.5) is 0 Å². The number of hydrogen-bond acceptors (Lipinski definition) is 5. The van der Waals surface area contributed by atoms with Crippen molar-refractivity contribution in [1.82, 2.24) is 19.9 Å². The van der Waals surface area contributed by atoms with E-state index in [0.29, 0.717) is 5.65 Å². The molecule has 0 saturated heterocycles. The first-order valence-corrected chi connectivity index (χ1v) is 13.9. The molecule has 1 atom stereocenters. The van der Waals surface area contributed by atoms with Crippen molar-refractivity contribution in [2.24, 2.45) is 17.0 Å². The summed E-state index contributed by atoms with van der Waals surface area (Å²) in [5.74, 6) is 1.61. The summed E-state index contributed by atoms with van der Waals surface area (Å²) in [4.78, 5) is 4.62. The van der Waals surface area contributed by atoms with E-state index >= 15 is 0 Å². The van der Waals surface area contributed by atoms with Crippen LogP contribution >= 0.6 is 0 Å². The van der Waals surface area contributed by atoms with Gasteiger partial charge in [0.05, 0.1) is 11.1 Å². The number of benzene rings is 2. The summed E-state index contributed by atoms with van der Waals surface area (Å²) in [7, 11) is -3.71. The van der Waals surface area contributed by atoms with Crippen molar-refractivity contribution in [2.45, 2.75) is 45.9 Å². The number of primary sulfonamides is 1. The number of nitrogens with zero attached hydrogens (tertiary/aromatic N) is 3. The molecule has 1 unspecified atom stereocenters. The summed E-state index contributed by atoms with van der Waals surface area (Å²) in [5.41, 5.74) is 5.58. The van der Waals surface area contributed by atoms with Gasteiger partial charge < -0.3 is 5.32 Å². The largest absolute Gasteiger partial charge is 0.316 e. The van der Waals surface area contributed by atoms with E-state index in [1.807, 2.05) is 19.3 Å². The van der Waals surface area contributed by atoms with E-state index in [2.05, 4.69) is 67.4 Å². The van der Waals surface area contributed by atoms with Gasteiger partial charge in [-0.2, -0.15) is 5.10 Å². The van der Waals surface area contributed by atoms with Gasteiger partial charge >= 0.3 is 0 Å². The molecule has 0 aliphatic rings. The van der Waals surface area contributed by atoms with Crippen LogP contribution in [0.15, 0.2) is 72.0 Å². The van der Waals surface area contributed by atoms with Crippen LogP contribution in [0.5, 0.6) is 0 Å². The molecule has 0 radical (unpaired) electrons. The average Bonchev–Trinajstić information content (AvgIpc) is 3.27. The third-order valence-electron chi connectivity index (χ3n) is 5.98. The maximum absolute atomic E-state index is 11.4. The van der Waals surface area contributed by atoms with Crippen LogP contribution in [0.1, 0.15) is 39.7 Å². The molecular formula is C28H37N5O2S. The topological polar surface area (TPSA) is 102 Å². The van der Waals surface area contributed by atoms with Crippen molar-refractivity contribution >= 4 is 15.7 Å². The summed E-state index contributed by atoms with van der Waals surface area (Å²) in [6, 6.07) is 14.6. The fraction of sp³-hybridized carbons (Fsp3) is 0.357. The molecule has 7 nitrogen and oxygen atoms in total. The van der Waals surface area contributed by atoms with Gasteiger partial charge in [0.1, 0.15) is 0 Å². The highest BCUT2D eigenvalue weighted by molar-refractivity contribution is 7.89. The Morgan fingerprint density at radius 1 is 0.917 bits per heavy atom. The van der Waals surface area contributed by atoms with Gasteiger partial charge in [-0.15, -0.1) is 0 Å². The number of aromatic nitrogens is 3. The molecule has 192 valence electrons. The van der Waals surface area contributed by atoms with Crippen LogP contribution in [-0.2, 0) is 10.0 Å². The molecule has 0 aliphatic carbocycles. The van der Waals surface area contributed by atoms with Gasteiger partial charge in [-0.1, -0.05) is 76.1 Å². The van der Waals surface area contributed by atoms with E-state index in [1.54, 1.807) is 22.8 Å². The Morgan fingerprint density at radius 2 is 1.56 bits per heavy atom. The van der Waals surface area contributed by atoms with E-state index in [9.17, 15) is 8.42 Å². The lowest BCUT2D eigenvalue weighted by atomic mass is 10.1. The fourth-order valence-electron chi connectivity index (χ4n) is 3.56. The predicted octanol–water partition coefficient (Wildman–Crippen LogP) is 5.30. The predicted molar refractivity (Wildman–Crippen MR) is 147 cm³/mol. The quantitative estimate of drug-likeness (QED) is 0.337. The Labute approximate surface area is 214 Å². The Balaban J connectivity index is 0.000000308. The minimum absolute atomic E-state index is 0.0762. The highest BCUT2D eigenvalue weighted by atomic mass is 32.2. The third kappa shape index (κ3) is 7.46. The van der Waals surface area contributed by atoms with Gasteiger partial charge in [0, 0.05) is 23.5 Å². The maximum Gasteiger partial charge on any atom is 0.238 e. The Bertz CT molecular complexity index is 1360. The third-order valence-corrected chi connectivity index (χ3v) is 6.91. The van der Waals surface area contributed by atoms with Crippen LogP contribution < -0.4 is 10.5 Å². The summed E-state index contributed by atoms with van der Waals surface area (Å²) in [6.45, 7) is 13.4. The molecule has 0 aliphatic heterocycles. The number of rotatable bonds is 8. The normalized spacial score (nSPS) is 12.4. The number of sulfonamides is 1. The lowest BCUT2D eigenvalue weighted by molar-refractivity contribution is 0.466. The molecule has 0 fully saturated rings. The van der Waals surface area contributed by atoms with E-state index < -0.39 is 10.0 Å². The van der Waals surface area contributed by atoms with Gasteiger partial charge in [-0.25, -0.2) is 23.1 Å². The maximum atomic E-state index is 11.4. The Hall–Kier alpha value is -3.07. The number of hydrogen-bond donors (Lipinski definition) is 2. The van der Waals surface area contributed by atoms with E-state index in [1.165, 1.54) is 30.7 Å². The van der Waals surface area contributed by atoms with Crippen molar-refractivity contribution in [3.05, 3.63) is 72.7 Å². The lowest BCUT2D eigenvalue weighted by Crippen LogP contribution is -2.24. The smallest absolute Gasteiger partial charge is 0.238 e. The zero-order chi connectivity index (χ0) is 26.3. The van der Waals surface area contributed by atoms with Gasteiger partial charge in [-0.3, -0.25) is 0 Å². The van der Waals surface area contributed by atoms with Crippen LogP contribution in [0.25, 0.3) is 27.9 Å². The molecule has 36 heavy (non-hydrogen) atoms. The number of nitrogens with one attached hydrogen (secondary N) is 1. The lowest BCUT2D eigenvalue weighted by Gasteiger charge is -2.11. The van der Waals surface area contributed by atoms with E-state index in [0.717, 1.165) is 40.6 Å². The SMILES string of the molecule is CCC(C)CNCC(C)C.Cc1ccc(-c2cnc3c(-c4ccc(S(N)(=O)=O)cc4)cnn3c2)cc1. The first-order chi connectivity index (χ1) is 17.1. The molecule has 0 amide bonds. The summed E-state index contributed by atoms with van der Waals surface area (Å²) in [5, 5.41) is 13.0. The van der Waals surface area contributed by atoms with Crippen molar-refractivity contribution in [3.63, 3.8) is 0 Å². The van der Waals surface area contributed by atoms with Gasteiger partial charge in [0.15, 0.2) is 5.65 Å². The second-order valence-electron chi connectivity index (χ2n) is 9.67. The summed E-state index contributed by atoms with van der Waals surface area (Å²) >= 11 is 0. The molecule has 0 bridgehead atoms. The van der Waals surface area contributed by atoms with Crippen molar-refractivity contribution in [1.29, 1.82) is 0 Å². The first kappa shape index (κ1) is 27.5. The van der Waals surface area contributed by atoms with Crippen molar-refractivity contribution in [3.8, 4) is 22.3 Å². The average molecular weight is 508 g/mol. The zero-order valence-corrected chi connectivity index (χ0v) is 22.6. The summed E-state index contributed by atoms with van der Waals surface area (Å²) in [6.07, 6.45) is 6.73. The zero-order valence-electron chi connectivity index (χ0n) is 21.8. The molecule has 2 aromatic heterocycles. The van der Waals surface area contributed by atoms with Crippen LogP contribution in [0.2, 0.25) is 0 Å².